The number of nitrogens with one attached hydrogen (secondary N) is 1. The number of thiazole rings is 1. The number of hydrogen-bond donors (Lipinski definition) is 1. The van der Waals surface area contributed by atoms with Crippen molar-refractivity contribution in [1.29, 1.82) is 0 Å². The molecule has 0 saturated heterocycles. The number of aromatic nitrogens is 1. The Bertz CT molecular complexity index is 1030. The lowest BCUT2D eigenvalue weighted by molar-refractivity contribution is -0.137. The highest BCUT2D eigenvalue weighted by Crippen LogP contribution is 2.29. The lowest BCUT2D eigenvalue weighted by Crippen LogP contribution is -2.20. The highest BCUT2D eigenvalue weighted by Gasteiger charge is 2.30. The SMILES string of the molecule is Cc1nc(COc2ccc(/C=C/C(=O)NCc3cccc(C(F)(F)F)c3)cc2)cs1. The average molecular weight is 432 g/mol. The number of aryl methyl sites for hydroxylation is 1. The van der Waals surface area contributed by atoms with E-state index in [-0.39, 0.29) is 6.54 Å². The summed E-state index contributed by atoms with van der Waals surface area (Å²) in [5.41, 5.74) is 1.31. The third-order valence-electron chi connectivity index (χ3n) is 4.08. The molecule has 3 aromatic rings. The van der Waals surface area contributed by atoms with Crippen LogP contribution in [0.2, 0.25) is 0 Å². The maximum absolute atomic E-state index is 12.7. The van der Waals surface area contributed by atoms with Crippen LogP contribution in [0.3, 0.4) is 0 Å². The minimum absolute atomic E-state index is 0.00988. The number of hydrogen-bond acceptors (Lipinski definition) is 4. The zero-order valence-corrected chi connectivity index (χ0v) is 16.9. The molecule has 0 aliphatic carbocycles. The number of nitrogens with zero attached hydrogens (tertiary/aromatic N) is 1. The molecule has 0 spiro atoms. The topological polar surface area (TPSA) is 51.2 Å². The lowest BCUT2D eigenvalue weighted by atomic mass is 10.1. The molecule has 1 heterocycles. The van der Waals surface area contributed by atoms with Crippen LogP contribution < -0.4 is 10.1 Å². The molecule has 0 saturated carbocycles. The van der Waals surface area contributed by atoms with E-state index < -0.39 is 17.6 Å². The van der Waals surface area contributed by atoms with Crippen LogP contribution in [-0.4, -0.2) is 10.9 Å². The maximum Gasteiger partial charge on any atom is 0.416 e. The Labute approximate surface area is 176 Å². The Balaban J connectivity index is 1.48. The molecule has 1 amide bonds. The molecule has 0 bridgehead atoms. The van der Waals surface area contributed by atoms with Gasteiger partial charge in [0.05, 0.1) is 16.3 Å². The van der Waals surface area contributed by atoms with Crippen molar-refractivity contribution in [2.45, 2.75) is 26.3 Å². The summed E-state index contributed by atoms with van der Waals surface area (Å²) >= 11 is 1.57. The van der Waals surface area contributed by atoms with E-state index in [0.717, 1.165) is 28.4 Å². The van der Waals surface area contributed by atoms with Gasteiger partial charge in [-0.2, -0.15) is 13.2 Å². The third-order valence-corrected chi connectivity index (χ3v) is 4.90. The predicted molar refractivity (Wildman–Crippen MR) is 110 cm³/mol. The van der Waals surface area contributed by atoms with E-state index in [1.54, 1.807) is 41.7 Å². The van der Waals surface area contributed by atoms with Crippen LogP contribution in [0.4, 0.5) is 13.2 Å². The number of halogens is 3. The standard InChI is InChI=1S/C22H19F3N2O2S/c1-15-27-19(14-30-15)13-29-20-8-5-16(6-9-20)7-10-21(28)26-12-17-3-2-4-18(11-17)22(23,24)25/h2-11,14H,12-13H2,1H3,(H,26,28)/b10-7+. The van der Waals surface area contributed by atoms with Gasteiger partial charge in [-0.15, -0.1) is 11.3 Å². The maximum atomic E-state index is 12.7. The summed E-state index contributed by atoms with van der Waals surface area (Å²) in [4.78, 5) is 16.3. The van der Waals surface area contributed by atoms with Crippen molar-refractivity contribution >= 4 is 23.3 Å². The molecule has 1 N–H and O–H groups in total. The largest absolute Gasteiger partial charge is 0.487 e. The predicted octanol–water partition coefficient (Wildman–Crippen LogP) is 5.38. The number of amides is 1. The van der Waals surface area contributed by atoms with E-state index in [9.17, 15) is 18.0 Å². The van der Waals surface area contributed by atoms with Crippen molar-refractivity contribution in [3.05, 3.63) is 87.4 Å². The Hall–Kier alpha value is -3.13. The van der Waals surface area contributed by atoms with Crippen LogP contribution in [0.5, 0.6) is 5.75 Å². The second-order valence-corrected chi connectivity index (χ2v) is 7.53. The fourth-order valence-corrected chi connectivity index (χ4v) is 3.18. The van der Waals surface area contributed by atoms with Crippen molar-refractivity contribution in [1.82, 2.24) is 10.3 Å². The fourth-order valence-electron chi connectivity index (χ4n) is 2.58. The first kappa shape index (κ1) is 21.6. The number of rotatable bonds is 7. The van der Waals surface area contributed by atoms with Gasteiger partial charge in [-0.05, 0) is 48.4 Å². The van der Waals surface area contributed by atoms with Gasteiger partial charge in [0.1, 0.15) is 12.4 Å². The molecule has 0 radical (unpaired) electrons. The van der Waals surface area contributed by atoms with E-state index in [4.69, 9.17) is 4.74 Å². The van der Waals surface area contributed by atoms with E-state index in [2.05, 4.69) is 10.3 Å². The second-order valence-electron chi connectivity index (χ2n) is 6.46. The van der Waals surface area contributed by atoms with E-state index in [1.165, 1.54) is 18.2 Å². The minimum Gasteiger partial charge on any atom is -0.487 e. The van der Waals surface area contributed by atoms with Crippen LogP contribution in [0.1, 0.15) is 27.4 Å². The van der Waals surface area contributed by atoms with Crippen molar-refractivity contribution < 1.29 is 22.7 Å². The molecule has 1 aromatic heterocycles. The monoisotopic (exact) mass is 432 g/mol. The fraction of sp³-hybridized carbons (Fsp3) is 0.182. The van der Waals surface area contributed by atoms with Crippen molar-refractivity contribution in [2.24, 2.45) is 0 Å². The number of carbonyl (C=O) groups is 1. The molecule has 156 valence electrons. The quantitative estimate of drug-likeness (QED) is 0.510. The van der Waals surface area contributed by atoms with Gasteiger partial charge < -0.3 is 10.1 Å². The number of alkyl halides is 3. The van der Waals surface area contributed by atoms with Crippen LogP contribution in [0.15, 0.2) is 60.0 Å². The third kappa shape index (κ3) is 6.45. The van der Waals surface area contributed by atoms with Gasteiger partial charge in [-0.1, -0.05) is 24.3 Å². The molecule has 0 unspecified atom stereocenters. The Morgan fingerprint density at radius 1 is 1.20 bits per heavy atom. The van der Waals surface area contributed by atoms with Crippen LogP contribution >= 0.6 is 11.3 Å². The van der Waals surface area contributed by atoms with Crippen LogP contribution in [0, 0.1) is 6.92 Å². The minimum atomic E-state index is -4.41. The average Bonchev–Trinajstić information content (AvgIpc) is 3.15. The van der Waals surface area contributed by atoms with Gasteiger partial charge in [-0.3, -0.25) is 4.79 Å². The molecule has 4 nitrogen and oxygen atoms in total. The highest BCUT2D eigenvalue weighted by atomic mass is 32.1. The molecule has 0 atom stereocenters. The second kappa shape index (κ2) is 9.58. The summed E-state index contributed by atoms with van der Waals surface area (Å²) in [5.74, 6) is 0.290. The Morgan fingerprint density at radius 2 is 1.97 bits per heavy atom. The first-order chi connectivity index (χ1) is 14.3. The molecule has 30 heavy (non-hydrogen) atoms. The first-order valence-corrected chi connectivity index (χ1v) is 9.93. The van der Waals surface area contributed by atoms with E-state index >= 15 is 0 Å². The normalized spacial score (nSPS) is 11.6. The molecule has 3 rings (SSSR count). The zero-order chi connectivity index (χ0) is 21.6. The zero-order valence-electron chi connectivity index (χ0n) is 16.1. The van der Waals surface area contributed by atoms with Gasteiger partial charge >= 0.3 is 6.18 Å². The van der Waals surface area contributed by atoms with Crippen molar-refractivity contribution in [3.8, 4) is 5.75 Å². The highest BCUT2D eigenvalue weighted by molar-refractivity contribution is 7.09. The van der Waals surface area contributed by atoms with Crippen molar-refractivity contribution in [3.63, 3.8) is 0 Å². The van der Waals surface area contributed by atoms with E-state index in [1.807, 2.05) is 12.3 Å². The summed E-state index contributed by atoms with van der Waals surface area (Å²) in [6.45, 7) is 2.33. The molecule has 2 aromatic carbocycles. The molecular weight excluding hydrogens is 413 g/mol. The summed E-state index contributed by atoms with van der Waals surface area (Å²) in [6, 6.07) is 12.1. The molecule has 0 aliphatic rings. The summed E-state index contributed by atoms with van der Waals surface area (Å²) in [7, 11) is 0. The number of carbonyl (C=O) groups excluding carboxylic acids is 1. The summed E-state index contributed by atoms with van der Waals surface area (Å²) < 4.78 is 43.9. The first-order valence-electron chi connectivity index (χ1n) is 9.05. The van der Waals surface area contributed by atoms with Crippen LogP contribution in [-0.2, 0) is 24.1 Å². The lowest BCUT2D eigenvalue weighted by Gasteiger charge is -2.09. The van der Waals surface area contributed by atoms with Crippen molar-refractivity contribution in [2.75, 3.05) is 0 Å². The molecule has 0 aliphatic heterocycles. The van der Waals surface area contributed by atoms with Gasteiger partial charge in [0.15, 0.2) is 0 Å². The van der Waals surface area contributed by atoms with Gasteiger partial charge in [-0.25, -0.2) is 4.98 Å². The van der Waals surface area contributed by atoms with Crippen LogP contribution in [0.25, 0.3) is 6.08 Å². The Morgan fingerprint density at radius 3 is 2.63 bits per heavy atom. The van der Waals surface area contributed by atoms with Gasteiger partial charge in [0.25, 0.3) is 0 Å². The summed E-state index contributed by atoms with van der Waals surface area (Å²) in [6.07, 6.45) is -1.45. The number of ether oxygens (including phenoxy) is 1. The van der Waals surface area contributed by atoms with Gasteiger partial charge in [0.2, 0.25) is 5.91 Å². The smallest absolute Gasteiger partial charge is 0.416 e. The summed E-state index contributed by atoms with van der Waals surface area (Å²) in [5, 5.41) is 5.51. The molecule has 8 heteroatoms. The molecule has 0 fully saturated rings. The van der Waals surface area contributed by atoms with E-state index in [0.29, 0.717) is 17.9 Å². The van der Waals surface area contributed by atoms with Gasteiger partial charge in [0, 0.05) is 18.0 Å². The molecular formula is C22H19F3N2O2S. The number of benzene rings is 2. The Kier molecular flexibility index (Phi) is 6.89.